The van der Waals surface area contributed by atoms with Gasteiger partial charge in [-0.1, -0.05) is 63.2 Å². The Kier molecular flexibility index (Phi) is 17.6. The molecule has 16 nitrogen and oxygen atoms in total. The van der Waals surface area contributed by atoms with Crippen LogP contribution in [0.2, 0.25) is 0 Å². The minimum atomic E-state index is -1.75. The van der Waals surface area contributed by atoms with Crippen molar-refractivity contribution < 1.29 is 67.6 Å². The predicted octanol–water partition coefficient (Wildman–Crippen LogP) is 5.53. The molecule has 4 aliphatic heterocycles. The molecule has 3 saturated heterocycles. The smallest absolute Gasteiger partial charge is 0.338 e. The summed E-state index contributed by atoms with van der Waals surface area (Å²) in [4.78, 5) is 30.0. The third kappa shape index (κ3) is 11.4. The van der Waals surface area contributed by atoms with Gasteiger partial charge < -0.3 is 63.0 Å². The van der Waals surface area contributed by atoms with Gasteiger partial charge in [-0.05, 0) is 87.0 Å². The summed E-state index contributed by atoms with van der Waals surface area (Å²) in [6.45, 7) is 18.4. The Labute approximate surface area is 379 Å². The van der Waals surface area contributed by atoms with Crippen LogP contribution in [-0.2, 0) is 47.4 Å². The Bertz CT molecular complexity index is 1750. The Balaban J connectivity index is 1.64. The number of nitrogens with zero attached hydrogens (tertiary/aromatic N) is 2. The van der Waals surface area contributed by atoms with Gasteiger partial charge in [-0.15, -0.1) is 0 Å². The van der Waals surface area contributed by atoms with Crippen LogP contribution in [0.15, 0.2) is 47.6 Å². The van der Waals surface area contributed by atoms with Crippen LogP contribution < -0.4 is 0 Å². The van der Waals surface area contributed by atoms with E-state index in [0.717, 1.165) is 0 Å². The second kappa shape index (κ2) is 21.7. The first-order valence-electron chi connectivity index (χ1n) is 22.9. The molecule has 3 fully saturated rings. The zero-order valence-corrected chi connectivity index (χ0v) is 40.2. The van der Waals surface area contributed by atoms with Gasteiger partial charge in [0.2, 0.25) is 0 Å². The molecule has 64 heavy (non-hydrogen) atoms. The predicted molar refractivity (Wildman–Crippen MR) is 237 cm³/mol. The molecule has 2 bridgehead atoms. The van der Waals surface area contributed by atoms with Gasteiger partial charge in [0.05, 0.1) is 66.5 Å². The normalized spacial score (nSPS) is 44.2. The maximum Gasteiger partial charge on any atom is 0.338 e. The third-order valence-corrected chi connectivity index (χ3v) is 14.2. The highest BCUT2D eigenvalue weighted by Gasteiger charge is 2.55. The number of carbonyl (C=O) groups is 2. The van der Waals surface area contributed by atoms with Gasteiger partial charge in [0, 0.05) is 37.3 Å². The number of ether oxygens (including phenoxy) is 9. The number of hydrogen-bond donors (Lipinski definition) is 3. The Hall–Kier alpha value is -3.03. The number of methoxy groups -OCH3 is 1. The van der Waals surface area contributed by atoms with E-state index in [1.54, 1.807) is 51.1 Å². The molecule has 0 radical (unpaired) electrons. The van der Waals surface area contributed by atoms with Crippen LogP contribution in [0.4, 0.5) is 0 Å². The maximum atomic E-state index is 14.7. The molecule has 0 saturated carbocycles. The average molecular weight is 905 g/mol. The van der Waals surface area contributed by atoms with E-state index in [-0.39, 0.29) is 44.6 Å². The second-order valence-corrected chi connectivity index (χ2v) is 19.4. The number of cyclic esters (lactones) is 1. The number of rotatable bonds is 9. The Morgan fingerprint density at radius 1 is 0.938 bits per heavy atom. The van der Waals surface area contributed by atoms with Crippen LogP contribution in [0, 0.1) is 23.7 Å². The molecule has 362 valence electrons. The van der Waals surface area contributed by atoms with Crippen molar-refractivity contribution in [3.63, 3.8) is 0 Å². The fourth-order valence-corrected chi connectivity index (χ4v) is 10.5. The molecule has 3 N–H and O–H groups in total. The second-order valence-electron chi connectivity index (χ2n) is 19.4. The number of oxime groups is 1. The fourth-order valence-electron chi connectivity index (χ4n) is 10.5. The van der Waals surface area contributed by atoms with Crippen molar-refractivity contribution >= 4 is 17.7 Å². The number of aliphatic hydroxyl groups is 2. The van der Waals surface area contributed by atoms with Crippen molar-refractivity contribution in [2.45, 2.75) is 179 Å². The molecule has 5 rings (SSSR count). The Morgan fingerprint density at radius 3 is 2.23 bits per heavy atom. The van der Waals surface area contributed by atoms with E-state index >= 15 is 0 Å². The van der Waals surface area contributed by atoms with Crippen molar-refractivity contribution in [1.29, 1.82) is 0 Å². The zero-order valence-electron chi connectivity index (χ0n) is 40.2. The van der Waals surface area contributed by atoms with Crippen molar-refractivity contribution in [3.8, 4) is 0 Å². The molecule has 0 amide bonds. The zero-order chi connectivity index (χ0) is 47.3. The van der Waals surface area contributed by atoms with E-state index in [0.29, 0.717) is 17.7 Å². The van der Waals surface area contributed by atoms with Crippen LogP contribution >= 0.6 is 0 Å². The molecule has 1 aromatic rings. The van der Waals surface area contributed by atoms with Gasteiger partial charge in [0.1, 0.15) is 23.4 Å². The highest BCUT2D eigenvalue weighted by atomic mass is 16.7. The van der Waals surface area contributed by atoms with Crippen molar-refractivity contribution in [3.05, 3.63) is 48.0 Å². The molecule has 0 aliphatic carbocycles. The van der Waals surface area contributed by atoms with E-state index in [2.05, 4.69) is 5.16 Å². The van der Waals surface area contributed by atoms with Crippen molar-refractivity contribution in [2.75, 3.05) is 34.4 Å². The molecule has 4 aliphatic rings. The first-order valence-corrected chi connectivity index (χ1v) is 22.9. The standard InChI is InChI=1S/C48H76N2O14/c1-14-35-48(10,54)41-29(4)37(49-55)27(2)25-47(9,58-23-19-18-22-57-41)40(64-45-38(51)34(50(11)12)24-28(3)59-45)30(5)39(31(6)43(52)61-35)62-36-26-46(8,56-13)42(32(7)60-36)63-44(53)33-20-16-15-17-21-33/h15-21,27-32,34-36,38-42,45,51,54-55H,14,22-26H2,1-13H3/b19-18-,49-37+/t27-,28-,29+,30+,31-,32+,34+,35-,36+,38-,39+,40-,41-,42+,45+,46-,47+,48-/m1/s1. The molecule has 0 spiro atoms. The van der Waals surface area contributed by atoms with Crippen molar-refractivity contribution in [2.24, 2.45) is 28.8 Å². The summed E-state index contributed by atoms with van der Waals surface area (Å²) < 4.78 is 58.7. The SMILES string of the molecule is CC[C@H]1OC(=O)[C@H](C)[C@@H](O[C@H]2C[C@@](C)(OC)[C@@H](OC(=O)c3ccccc3)[C@H](C)O2)[C@H](C)[C@@H](O[C@@H]2O[C@H](C)C[C@H](N(C)C)[C@H]2O)[C@]2(C)C[C@@H](C)/C(=N\O)[C@H](C)[C@@H](OC/C=C\CO2)[C@]1(C)O. The van der Waals surface area contributed by atoms with Gasteiger partial charge in [-0.25, -0.2) is 4.79 Å². The van der Waals surface area contributed by atoms with Crippen LogP contribution in [0.5, 0.6) is 0 Å². The van der Waals surface area contributed by atoms with Gasteiger partial charge in [-0.2, -0.15) is 0 Å². The minimum Gasteiger partial charge on any atom is -0.459 e. The van der Waals surface area contributed by atoms with Gasteiger partial charge in [-0.3, -0.25) is 4.79 Å². The lowest BCUT2D eigenvalue weighted by Crippen LogP contribution is -2.62. The maximum absolute atomic E-state index is 14.7. The van der Waals surface area contributed by atoms with Crippen LogP contribution in [-0.4, -0.2) is 157 Å². The van der Waals surface area contributed by atoms with E-state index < -0.39 is 108 Å². The minimum absolute atomic E-state index is 0.0871. The van der Waals surface area contributed by atoms with Crippen LogP contribution in [0.1, 0.15) is 105 Å². The number of aliphatic hydroxyl groups excluding tert-OH is 1. The summed E-state index contributed by atoms with van der Waals surface area (Å²) in [5.74, 6) is -4.08. The summed E-state index contributed by atoms with van der Waals surface area (Å²) >= 11 is 0. The Morgan fingerprint density at radius 2 is 1.61 bits per heavy atom. The number of benzene rings is 1. The molecular formula is C48H76N2O14. The number of fused-ring (bicyclic) bond motifs is 5. The lowest BCUT2D eigenvalue weighted by molar-refractivity contribution is -0.319. The lowest BCUT2D eigenvalue weighted by Gasteiger charge is -2.50. The molecule has 16 heteroatoms. The molecular weight excluding hydrogens is 829 g/mol. The number of esters is 2. The summed E-state index contributed by atoms with van der Waals surface area (Å²) in [6.07, 6.45) is -4.33. The first kappa shape index (κ1) is 51.9. The third-order valence-electron chi connectivity index (χ3n) is 14.2. The lowest BCUT2D eigenvalue weighted by atomic mass is 9.73. The average Bonchev–Trinajstić information content (AvgIpc) is 3.24. The molecule has 4 heterocycles. The number of hydrogen-bond acceptors (Lipinski definition) is 16. The molecule has 18 atom stereocenters. The fraction of sp³-hybridized carbons (Fsp3) is 0.771. The first-order chi connectivity index (χ1) is 30.1. The number of carbonyl (C=O) groups excluding carboxylic acids is 2. The molecule has 1 aromatic carbocycles. The van der Waals surface area contributed by atoms with Crippen LogP contribution in [0.25, 0.3) is 0 Å². The van der Waals surface area contributed by atoms with Crippen molar-refractivity contribution in [1.82, 2.24) is 4.90 Å². The number of likely N-dealkylation sites (N-methyl/N-ethyl adjacent to an activating group) is 1. The highest BCUT2D eigenvalue weighted by Crippen LogP contribution is 2.43. The van der Waals surface area contributed by atoms with Gasteiger partial charge in [0.25, 0.3) is 0 Å². The van der Waals surface area contributed by atoms with Gasteiger partial charge in [0.15, 0.2) is 18.7 Å². The molecule has 0 unspecified atom stereocenters. The highest BCUT2D eigenvalue weighted by molar-refractivity contribution is 5.89. The van der Waals surface area contributed by atoms with E-state index in [4.69, 9.17) is 42.6 Å². The molecule has 0 aromatic heterocycles. The van der Waals surface area contributed by atoms with Gasteiger partial charge >= 0.3 is 11.9 Å². The van der Waals surface area contributed by atoms with E-state index in [1.165, 1.54) is 7.11 Å². The van der Waals surface area contributed by atoms with Crippen LogP contribution in [0.3, 0.4) is 0 Å². The largest absolute Gasteiger partial charge is 0.459 e. The summed E-state index contributed by atoms with van der Waals surface area (Å²) in [7, 11) is 5.34. The topological polar surface area (TPSA) is 193 Å². The van der Waals surface area contributed by atoms with E-state index in [1.807, 2.05) is 79.6 Å². The summed E-state index contributed by atoms with van der Waals surface area (Å²) in [6, 6.07) is 8.38. The quantitative estimate of drug-likeness (QED) is 0.121. The summed E-state index contributed by atoms with van der Waals surface area (Å²) in [5, 5.41) is 38.9. The monoisotopic (exact) mass is 905 g/mol. The summed E-state index contributed by atoms with van der Waals surface area (Å²) in [5.41, 5.74) is -3.37. The van der Waals surface area contributed by atoms with E-state index in [9.17, 15) is 25.0 Å².